The van der Waals surface area contributed by atoms with Gasteiger partial charge in [0, 0.05) is 29.3 Å². The molecule has 2 aromatic heterocycles. The topological polar surface area (TPSA) is 114 Å². The first-order valence-electron chi connectivity index (χ1n) is 9.88. The van der Waals surface area contributed by atoms with Gasteiger partial charge in [0.05, 0.1) is 30.2 Å². The van der Waals surface area contributed by atoms with E-state index in [1.807, 2.05) is 0 Å². The number of hydrogen-bond acceptors (Lipinski definition) is 6. The van der Waals surface area contributed by atoms with Gasteiger partial charge in [-0.25, -0.2) is 18.9 Å². The van der Waals surface area contributed by atoms with Crippen LogP contribution in [-0.4, -0.2) is 25.7 Å². The van der Waals surface area contributed by atoms with Crippen LogP contribution in [0.15, 0.2) is 40.2 Å². The molecule has 0 amide bonds. The number of aromatic nitrogens is 4. The van der Waals surface area contributed by atoms with Crippen LogP contribution < -0.4 is 15.9 Å². The Bertz CT molecular complexity index is 1450. The average molecular weight is 514 g/mol. The summed E-state index contributed by atoms with van der Waals surface area (Å²) in [7, 11) is 0. The Morgan fingerprint density at radius 1 is 1.23 bits per heavy atom. The molecule has 8 nitrogen and oxygen atoms in total. The first-order valence-corrected chi connectivity index (χ1v) is 10.3. The Morgan fingerprint density at radius 2 is 1.94 bits per heavy atom. The molecular formula is C21H13ClF5N5O3. The standard InChI is InChI=1S/C21H13ClF5N5O3/c22-12-1-10(7-28)2-14(3-12)35-16-17(21(25,26)27)29-9-32(19(16)34)8-13-4-15(18(33)31-30-13)11-5-20(23,24)6-11/h1-4,9,11H,5-6,8H2,(H,31,33). The lowest BCUT2D eigenvalue weighted by molar-refractivity contribution is -0.142. The molecule has 1 fully saturated rings. The number of hydrogen-bond donors (Lipinski definition) is 1. The highest BCUT2D eigenvalue weighted by molar-refractivity contribution is 6.30. The maximum absolute atomic E-state index is 13.5. The molecule has 1 aromatic carbocycles. The van der Waals surface area contributed by atoms with Crippen molar-refractivity contribution in [3.8, 4) is 17.6 Å². The third kappa shape index (κ3) is 5.17. The van der Waals surface area contributed by atoms with Crippen LogP contribution in [0.5, 0.6) is 11.5 Å². The smallest absolute Gasteiger partial charge is 0.437 e. The zero-order chi connectivity index (χ0) is 25.5. The second-order valence-corrected chi connectivity index (χ2v) is 8.28. The highest BCUT2D eigenvalue weighted by atomic mass is 35.5. The summed E-state index contributed by atoms with van der Waals surface area (Å²) >= 11 is 5.85. The van der Waals surface area contributed by atoms with E-state index in [9.17, 15) is 31.5 Å². The summed E-state index contributed by atoms with van der Waals surface area (Å²) in [5.41, 5.74) is -3.48. The number of alkyl halides is 5. The maximum Gasteiger partial charge on any atom is 0.437 e. The predicted octanol–water partition coefficient (Wildman–Crippen LogP) is 4.22. The van der Waals surface area contributed by atoms with E-state index in [0.29, 0.717) is 6.33 Å². The Morgan fingerprint density at radius 3 is 2.57 bits per heavy atom. The average Bonchev–Trinajstić information content (AvgIpc) is 2.74. The minimum Gasteiger partial charge on any atom is -0.449 e. The SMILES string of the molecule is N#Cc1cc(Cl)cc(Oc2c(C(F)(F)F)ncn(Cc3cc(C4CC(F)(F)C4)c(=O)[nH]n3)c2=O)c1. The number of rotatable bonds is 5. The van der Waals surface area contributed by atoms with Crippen molar-refractivity contribution in [3.63, 3.8) is 0 Å². The van der Waals surface area contributed by atoms with Gasteiger partial charge in [-0.15, -0.1) is 0 Å². The maximum atomic E-state index is 13.5. The van der Waals surface area contributed by atoms with Gasteiger partial charge in [-0.3, -0.25) is 14.2 Å². The largest absolute Gasteiger partial charge is 0.449 e. The highest BCUT2D eigenvalue weighted by Crippen LogP contribution is 2.47. The lowest BCUT2D eigenvalue weighted by Crippen LogP contribution is -2.37. The molecule has 0 aliphatic heterocycles. The van der Waals surface area contributed by atoms with Crippen LogP contribution in [-0.2, 0) is 12.7 Å². The van der Waals surface area contributed by atoms with Crippen LogP contribution in [0.4, 0.5) is 22.0 Å². The molecule has 1 aliphatic rings. The van der Waals surface area contributed by atoms with Gasteiger partial charge in [-0.2, -0.15) is 23.5 Å². The molecule has 1 saturated carbocycles. The van der Waals surface area contributed by atoms with Crippen LogP contribution in [0.2, 0.25) is 5.02 Å². The summed E-state index contributed by atoms with van der Waals surface area (Å²) in [6.07, 6.45) is -5.48. The summed E-state index contributed by atoms with van der Waals surface area (Å²) in [5, 5.41) is 14.9. The summed E-state index contributed by atoms with van der Waals surface area (Å²) < 4.78 is 73.0. The van der Waals surface area contributed by atoms with E-state index in [4.69, 9.17) is 21.6 Å². The first-order chi connectivity index (χ1) is 16.4. The van der Waals surface area contributed by atoms with Crippen LogP contribution in [0, 0.1) is 11.3 Å². The molecule has 14 heteroatoms. The van der Waals surface area contributed by atoms with Crippen LogP contribution in [0.3, 0.4) is 0 Å². The van der Waals surface area contributed by atoms with E-state index in [-0.39, 0.29) is 27.6 Å². The van der Waals surface area contributed by atoms with Crippen molar-refractivity contribution in [1.82, 2.24) is 19.7 Å². The molecule has 182 valence electrons. The van der Waals surface area contributed by atoms with Gasteiger partial charge in [0.2, 0.25) is 11.7 Å². The Balaban J connectivity index is 1.71. The van der Waals surface area contributed by atoms with Gasteiger partial charge in [0.25, 0.3) is 11.1 Å². The fourth-order valence-electron chi connectivity index (χ4n) is 3.59. The van der Waals surface area contributed by atoms with Crippen molar-refractivity contribution in [1.29, 1.82) is 5.26 Å². The number of benzene rings is 1. The predicted molar refractivity (Wildman–Crippen MR) is 111 cm³/mol. The molecular weight excluding hydrogens is 501 g/mol. The lowest BCUT2D eigenvalue weighted by atomic mass is 9.77. The van der Waals surface area contributed by atoms with Crippen LogP contribution >= 0.6 is 11.6 Å². The van der Waals surface area contributed by atoms with E-state index in [1.165, 1.54) is 12.1 Å². The first kappa shape index (κ1) is 24.3. The molecule has 0 atom stereocenters. The summed E-state index contributed by atoms with van der Waals surface area (Å²) in [6.45, 7) is -0.438. The molecule has 1 aliphatic carbocycles. The molecule has 3 aromatic rings. The van der Waals surface area contributed by atoms with Crippen LogP contribution in [0.1, 0.15) is 41.3 Å². The van der Waals surface area contributed by atoms with E-state index >= 15 is 0 Å². The molecule has 0 spiro atoms. The van der Waals surface area contributed by atoms with Gasteiger partial charge in [0.15, 0.2) is 5.69 Å². The van der Waals surface area contributed by atoms with Gasteiger partial charge in [-0.05, 0) is 24.3 Å². The van der Waals surface area contributed by atoms with E-state index < -0.39 is 60.0 Å². The molecule has 0 saturated heterocycles. The Hall–Kier alpha value is -3.79. The summed E-state index contributed by atoms with van der Waals surface area (Å²) in [5.74, 6) is -5.07. The molecule has 0 unspecified atom stereocenters. The number of nitrogens with zero attached hydrogens (tertiary/aromatic N) is 4. The molecule has 1 N–H and O–H groups in total. The monoisotopic (exact) mass is 513 g/mol. The van der Waals surface area contributed by atoms with Crippen LogP contribution in [0.25, 0.3) is 0 Å². The molecule has 2 heterocycles. The van der Waals surface area contributed by atoms with Crippen molar-refractivity contribution < 1.29 is 26.7 Å². The van der Waals surface area contributed by atoms with Crippen molar-refractivity contribution in [2.75, 3.05) is 0 Å². The number of halogens is 6. The van der Waals surface area contributed by atoms with Crippen molar-refractivity contribution in [2.45, 2.75) is 37.4 Å². The number of ether oxygens (including phenoxy) is 1. The summed E-state index contributed by atoms with van der Waals surface area (Å²) in [4.78, 5) is 28.2. The minimum atomic E-state index is -5.05. The van der Waals surface area contributed by atoms with E-state index in [2.05, 4.69) is 15.2 Å². The van der Waals surface area contributed by atoms with Gasteiger partial charge < -0.3 is 4.74 Å². The zero-order valence-electron chi connectivity index (χ0n) is 17.4. The minimum absolute atomic E-state index is 0.0108. The molecule has 35 heavy (non-hydrogen) atoms. The quantitative estimate of drug-likeness (QED) is 0.511. The zero-order valence-corrected chi connectivity index (χ0v) is 18.1. The fraction of sp³-hybridized carbons (Fsp3) is 0.286. The molecule has 0 radical (unpaired) electrons. The Kier molecular flexibility index (Phi) is 6.10. The van der Waals surface area contributed by atoms with Crippen molar-refractivity contribution in [2.24, 2.45) is 0 Å². The van der Waals surface area contributed by atoms with Gasteiger partial charge >= 0.3 is 6.18 Å². The van der Waals surface area contributed by atoms with Gasteiger partial charge in [-0.1, -0.05) is 11.6 Å². The van der Waals surface area contributed by atoms with E-state index in [0.717, 1.165) is 16.7 Å². The second kappa shape index (κ2) is 8.77. The van der Waals surface area contributed by atoms with Crippen molar-refractivity contribution in [3.05, 3.63) is 78.8 Å². The van der Waals surface area contributed by atoms with E-state index in [1.54, 1.807) is 6.07 Å². The number of nitrogens with one attached hydrogen (secondary N) is 1. The third-order valence-corrected chi connectivity index (χ3v) is 5.45. The molecule has 0 bridgehead atoms. The highest BCUT2D eigenvalue weighted by Gasteiger charge is 2.47. The molecule has 4 rings (SSSR count). The van der Waals surface area contributed by atoms with Crippen molar-refractivity contribution >= 4 is 11.6 Å². The third-order valence-electron chi connectivity index (χ3n) is 5.23. The van der Waals surface area contributed by atoms with Gasteiger partial charge in [0.1, 0.15) is 5.75 Å². The summed E-state index contributed by atoms with van der Waals surface area (Å²) in [6, 6.07) is 6.44. The number of aromatic amines is 1. The number of nitriles is 1. The Labute approximate surface area is 197 Å². The second-order valence-electron chi connectivity index (χ2n) is 7.85. The fourth-order valence-corrected chi connectivity index (χ4v) is 3.81. The normalized spacial score (nSPS) is 15.3. The number of H-pyrrole nitrogens is 1. The lowest BCUT2D eigenvalue weighted by Gasteiger charge is -2.34.